The summed E-state index contributed by atoms with van der Waals surface area (Å²) < 4.78 is 1.85. The van der Waals surface area contributed by atoms with Crippen molar-refractivity contribution in [3.05, 3.63) is 69.3 Å². The third-order valence-electron chi connectivity index (χ3n) is 4.99. The van der Waals surface area contributed by atoms with Crippen LogP contribution in [0, 0.1) is 17.0 Å². The third kappa shape index (κ3) is 3.81. The lowest BCUT2D eigenvalue weighted by atomic mass is 10.1. The van der Waals surface area contributed by atoms with Gasteiger partial charge in [-0.1, -0.05) is 11.6 Å². The van der Waals surface area contributed by atoms with E-state index in [0.717, 1.165) is 11.6 Å². The normalized spacial score (nSPS) is 14.1. The fraction of sp³-hybridized carbons (Fsp3) is 0.263. The molecule has 0 radical (unpaired) electrons. The van der Waals surface area contributed by atoms with Gasteiger partial charge in [0.1, 0.15) is 5.82 Å². The first kappa shape index (κ1) is 19.8. The van der Waals surface area contributed by atoms with Crippen molar-refractivity contribution in [1.82, 2.24) is 24.6 Å². The van der Waals surface area contributed by atoms with E-state index in [1.165, 1.54) is 18.2 Å². The molecule has 1 aromatic carbocycles. The molecule has 3 heterocycles. The molecule has 0 N–H and O–H groups in total. The van der Waals surface area contributed by atoms with Crippen molar-refractivity contribution in [3.63, 3.8) is 0 Å². The molecule has 0 atom stereocenters. The molecular weight excluding hydrogens is 410 g/mol. The summed E-state index contributed by atoms with van der Waals surface area (Å²) in [4.78, 5) is 31.0. The number of aromatic nitrogens is 4. The maximum atomic E-state index is 12.8. The fourth-order valence-corrected chi connectivity index (χ4v) is 3.59. The molecule has 30 heavy (non-hydrogen) atoms. The number of carbonyl (C=O) groups excluding carboxylic acids is 1. The van der Waals surface area contributed by atoms with E-state index >= 15 is 0 Å². The molecule has 10 nitrogen and oxygen atoms in total. The average molecular weight is 428 g/mol. The highest BCUT2D eigenvalue weighted by molar-refractivity contribution is 6.34. The van der Waals surface area contributed by atoms with Gasteiger partial charge in [-0.2, -0.15) is 0 Å². The molecule has 11 heteroatoms. The van der Waals surface area contributed by atoms with Crippen LogP contribution in [0.3, 0.4) is 0 Å². The van der Waals surface area contributed by atoms with Crippen LogP contribution in [0.25, 0.3) is 5.82 Å². The Hall–Kier alpha value is -3.53. The van der Waals surface area contributed by atoms with E-state index < -0.39 is 4.92 Å². The predicted molar refractivity (Wildman–Crippen MR) is 110 cm³/mol. The molecule has 1 fully saturated rings. The smallest absolute Gasteiger partial charge is 0.270 e. The number of nitro groups is 1. The summed E-state index contributed by atoms with van der Waals surface area (Å²) in [6, 6.07) is 7.66. The number of hydrogen-bond acceptors (Lipinski definition) is 7. The number of amides is 1. The number of imidazole rings is 1. The molecule has 0 spiro atoms. The highest BCUT2D eigenvalue weighted by atomic mass is 35.5. The summed E-state index contributed by atoms with van der Waals surface area (Å²) in [5.74, 6) is 2.01. The summed E-state index contributed by atoms with van der Waals surface area (Å²) in [6.07, 6.45) is 3.53. The first-order valence-electron chi connectivity index (χ1n) is 9.26. The lowest BCUT2D eigenvalue weighted by Crippen LogP contribution is -2.49. The third-order valence-corrected chi connectivity index (χ3v) is 5.31. The molecular formula is C19H18ClN7O3. The van der Waals surface area contributed by atoms with Crippen LogP contribution in [0.4, 0.5) is 11.5 Å². The van der Waals surface area contributed by atoms with Gasteiger partial charge < -0.3 is 9.80 Å². The largest absolute Gasteiger partial charge is 0.352 e. The molecule has 3 aromatic rings. The Morgan fingerprint density at radius 2 is 1.80 bits per heavy atom. The Morgan fingerprint density at radius 1 is 1.10 bits per heavy atom. The van der Waals surface area contributed by atoms with Gasteiger partial charge in [-0.3, -0.25) is 19.5 Å². The summed E-state index contributed by atoms with van der Waals surface area (Å²) in [7, 11) is 0. The second kappa shape index (κ2) is 8.07. The van der Waals surface area contributed by atoms with Crippen molar-refractivity contribution in [1.29, 1.82) is 0 Å². The molecule has 0 unspecified atom stereocenters. The number of piperazine rings is 1. The molecule has 1 saturated heterocycles. The quantitative estimate of drug-likeness (QED) is 0.464. The average Bonchev–Trinajstić information content (AvgIpc) is 3.19. The van der Waals surface area contributed by atoms with Gasteiger partial charge >= 0.3 is 0 Å². The number of carbonyl (C=O) groups is 1. The van der Waals surface area contributed by atoms with E-state index in [2.05, 4.69) is 20.1 Å². The Kier molecular flexibility index (Phi) is 5.32. The Morgan fingerprint density at radius 3 is 2.37 bits per heavy atom. The number of nitro benzene ring substituents is 1. The maximum Gasteiger partial charge on any atom is 0.270 e. The van der Waals surface area contributed by atoms with Gasteiger partial charge in [-0.25, -0.2) is 4.98 Å². The van der Waals surface area contributed by atoms with Gasteiger partial charge in [-0.05, 0) is 25.1 Å². The number of aryl methyl sites for hydroxylation is 1. The zero-order valence-electron chi connectivity index (χ0n) is 16.1. The first-order chi connectivity index (χ1) is 14.4. The van der Waals surface area contributed by atoms with E-state index in [1.54, 1.807) is 11.1 Å². The molecule has 2 aromatic heterocycles. The molecule has 1 aliphatic heterocycles. The minimum atomic E-state index is -0.542. The van der Waals surface area contributed by atoms with Crippen molar-refractivity contribution in [2.45, 2.75) is 6.92 Å². The number of nitrogens with zero attached hydrogens (tertiary/aromatic N) is 7. The topological polar surface area (TPSA) is 110 Å². The number of non-ortho nitro benzene ring substituents is 1. The summed E-state index contributed by atoms with van der Waals surface area (Å²) in [5, 5.41) is 19.5. The molecule has 4 rings (SSSR count). The van der Waals surface area contributed by atoms with Crippen LogP contribution in [0.2, 0.25) is 5.02 Å². The number of benzene rings is 1. The molecule has 1 amide bonds. The number of anilines is 1. The number of halogens is 1. The van der Waals surface area contributed by atoms with Crippen LogP contribution >= 0.6 is 11.6 Å². The molecule has 0 bridgehead atoms. The second-order valence-electron chi connectivity index (χ2n) is 6.79. The zero-order valence-corrected chi connectivity index (χ0v) is 16.9. The van der Waals surface area contributed by atoms with Gasteiger partial charge in [0.25, 0.3) is 11.6 Å². The van der Waals surface area contributed by atoms with Gasteiger partial charge in [0.05, 0.1) is 15.5 Å². The zero-order chi connectivity index (χ0) is 21.3. The Labute approximate surface area is 176 Å². The van der Waals surface area contributed by atoms with Crippen LogP contribution in [0.1, 0.15) is 16.2 Å². The molecule has 1 aliphatic rings. The van der Waals surface area contributed by atoms with Gasteiger partial charge in [0.2, 0.25) is 0 Å². The van der Waals surface area contributed by atoms with Gasteiger partial charge in [0.15, 0.2) is 11.6 Å². The van der Waals surface area contributed by atoms with Gasteiger partial charge in [-0.15, -0.1) is 10.2 Å². The lowest BCUT2D eigenvalue weighted by Gasteiger charge is -2.35. The second-order valence-corrected chi connectivity index (χ2v) is 7.20. The minimum Gasteiger partial charge on any atom is -0.352 e. The van der Waals surface area contributed by atoms with Crippen molar-refractivity contribution in [3.8, 4) is 5.82 Å². The van der Waals surface area contributed by atoms with Crippen molar-refractivity contribution in [2.75, 3.05) is 31.1 Å². The number of rotatable bonds is 4. The van der Waals surface area contributed by atoms with Crippen molar-refractivity contribution < 1.29 is 9.72 Å². The highest BCUT2D eigenvalue weighted by Gasteiger charge is 2.25. The van der Waals surface area contributed by atoms with E-state index in [-0.39, 0.29) is 22.2 Å². The van der Waals surface area contributed by atoms with E-state index in [1.807, 2.05) is 29.8 Å². The Balaban J connectivity index is 1.41. The SMILES string of the molecule is Cc1nccn1-c1ccc(N2CCN(C(=O)c3ccc([N+](=O)[O-])cc3Cl)CC2)nn1. The Bertz CT molecular complexity index is 1090. The number of hydrogen-bond donors (Lipinski definition) is 0. The van der Waals surface area contributed by atoms with E-state index in [0.29, 0.717) is 32.0 Å². The maximum absolute atomic E-state index is 12.8. The van der Waals surface area contributed by atoms with Crippen LogP contribution < -0.4 is 4.90 Å². The van der Waals surface area contributed by atoms with Gasteiger partial charge in [0, 0.05) is 50.7 Å². The molecule has 0 saturated carbocycles. The highest BCUT2D eigenvalue weighted by Crippen LogP contribution is 2.24. The van der Waals surface area contributed by atoms with Crippen LogP contribution in [-0.2, 0) is 0 Å². The first-order valence-corrected chi connectivity index (χ1v) is 9.64. The van der Waals surface area contributed by atoms with Crippen LogP contribution in [-0.4, -0.2) is 61.7 Å². The lowest BCUT2D eigenvalue weighted by molar-refractivity contribution is -0.384. The van der Waals surface area contributed by atoms with E-state index in [9.17, 15) is 14.9 Å². The van der Waals surface area contributed by atoms with Crippen molar-refractivity contribution >= 4 is 29.0 Å². The molecule has 154 valence electrons. The summed E-state index contributed by atoms with van der Waals surface area (Å²) in [5.41, 5.74) is 0.116. The van der Waals surface area contributed by atoms with Crippen LogP contribution in [0.15, 0.2) is 42.7 Å². The fourth-order valence-electron chi connectivity index (χ4n) is 3.34. The summed E-state index contributed by atoms with van der Waals surface area (Å²) >= 11 is 6.09. The molecule has 0 aliphatic carbocycles. The monoisotopic (exact) mass is 427 g/mol. The minimum absolute atomic E-state index is 0.0767. The van der Waals surface area contributed by atoms with E-state index in [4.69, 9.17) is 11.6 Å². The summed E-state index contributed by atoms with van der Waals surface area (Å²) in [6.45, 7) is 4.04. The predicted octanol–water partition coefficient (Wildman–Crippen LogP) is 2.49. The standard InChI is InChI=1S/C19H18ClN7O3/c1-13-21-6-7-26(13)18-5-4-17(22-23-18)24-8-10-25(11-9-24)19(28)15-3-2-14(27(29)30)12-16(15)20/h2-7,12H,8-11H2,1H3. The van der Waals surface area contributed by atoms with Crippen molar-refractivity contribution in [2.24, 2.45) is 0 Å². The van der Waals surface area contributed by atoms with Crippen LogP contribution in [0.5, 0.6) is 0 Å².